The largest absolute Gasteiger partial charge is 0.349 e. The Kier molecular flexibility index (Phi) is 7.22. The van der Waals surface area contributed by atoms with E-state index in [0.717, 1.165) is 36.9 Å². The smallest absolute Gasteiger partial charge is 0.241 e. The lowest BCUT2D eigenvalue weighted by atomic mass is 9.95. The molecule has 0 radical (unpaired) electrons. The minimum atomic E-state index is -0.0430. The molecule has 1 aliphatic rings. The molecule has 1 aliphatic heterocycles. The van der Waals surface area contributed by atoms with Gasteiger partial charge in [0, 0.05) is 17.1 Å². The molecule has 1 fully saturated rings. The van der Waals surface area contributed by atoms with E-state index in [0.29, 0.717) is 29.8 Å². The molecule has 0 spiro atoms. The number of hydrogen-bond acceptors (Lipinski definition) is 5. The average Bonchev–Trinajstić information content (AvgIpc) is 3.27. The molecule has 2 aromatic carbocycles. The summed E-state index contributed by atoms with van der Waals surface area (Å²) in [6, 6.07) is 15.8. The number of benzene rings is 2. The van der Waals surface area contributed by atoms with Crippen LogP contribution < -0.4 is 5.32 Å². The van der Waals surface area contributed by atoms with Crippen molar-refractivity contribution in [3.8, 4) is 11.4 Å². The Hall–Kier alpha value is -2.70. The number of hydrogen-bond donors (Lipinski definition) is 1. The van der Waals surface area contributed by atoms with Gasteiger partial charge in [-0.25, -0.2) is 0 Å². The van der Waals surface area contributed by atoms with E-state index >= 15 is 0 Å². The number of piperidine rings is 1. The molecule has 0 aliphatic carbocycles. The Bertz CT molecular complexity index is 1050. The SMILES string of the molecule is CCC(NC(=O)C1CCCN(Cc2nc(-c3cccc(Cl)c3)no2)C1)c1ccc(C)cc1. The summed E-state index contributed by atoms with van der Waals surface area (Å²) in [6.45, 7) is 6.30. The van der Waals surface area contributed by atoms with Gasteiger partial charge in [-0.1, -0.05) is 65.6 Å². The number of likely N-dealkylation sites (tertiary alicyclic amines) is 1. The highest BCUT2D eigenvalue weighted by molar-refractivity contribution is 6.30. The quantitative estimate of drug-likeness (QED) is 0.535. The maximum absolute atomic E-state index is 13.0. The summed E-state index contributed by atoms with van der Waals surface area (Å²) in [7, 11) is 0. The Morgan fingerprint density at radius 1 is 1.28 bits per heavy atom. The molecule has 0 saturated carbocycles. The van der Waals surface area contributed by atoms with Gasteiger partial charge in [-0.2, -0.15) is 4.98 Å². The van der Waals surface area contributed by atoms with E-state index in [9.17, 15) is 4.79 Å². The molecule has 2 heterocycles. The molecule has 32 heavy (non-hydrogen) atoms. The number of aryl methyl sites for hydroxylation is 1. The van der Waals surface area contributed by atoms with Crippen LogP contribution in [0.5, 0.6) is 0 Å². The molecule has 2 unspecified atom stereocenters. The van der Waals surface area contributed by atoms with Crippen molar-refractivity contribution in [2.45, 2.75) is 45.7 Å². The fraction of sp³-hybridized carbons (Fsp3) is 0.400. The molecule has 4 rings (SSSR count). The minimum absolute atomic E-state index is 0.0367. The van der Waals surface area contributed by atoms with E-state index < -0.39 is 0 Å². The summed E-state index contributed by atoms with van der Waals surface area (Å²) in [6.07, 6.45) is 2.72. The lowest BCUT2D eigenvalue weighted by Crippen LogP contribution is -2.43. The first kappa shape index (κ1) is 22.5. The van der Waals surface area contributed by atoms with Gasteiger partial charge in [0.2, 0.25) is 17.6 Å². The van der Waals surface area contributed by atoms with Crippen molar-refractivity contribution in [1.29, 1.82) is 0 Å². The number of carbonyl (C=O) groups is 1. The number of aromatic nitrogens is 2. The molecule has 6 nitrogen and oxygen atoms in total. The fourth-order valence-electron chi connectivity index (χ4n) is 4.18. The van der Waals surface area contributed by atoms with Crippen LogP contribution in [0.1, 0.15) is 49.2 Å². The number of carbonyl (C=O) groups excluding carboxylic acids is 1. The Morgan fingerprint density at radius 2 is 2.09 bits per heavy atom. The van der Waals surface area contributed by atoms with E-state index in [2.05, 4.69) is 58.5 Å². The van der Waals surface area contributed by atoms with E-state index in [1.165, 1.54) is 5.56 Å². The van der Waals surface area contributed by atoms with Crippen molar-refractivity contribution in [2.75, 3.05) is 13.1 Å². The van der Waals surface area contributed by atoms with Gasteiger partial charge in [0.25, 0.3) is 0 Å². The lowest BCUT2D eigenvalue weighted by molar-refractivity contribution is -0.127. The first-order chi connectivity index (χ1) is 15.5. The van der Waals surface area contributed by atoms with Crippen LogP contribution in [0.2, 0.25) is 5.02 Å². The van der Waals surface area contributed by atoms with Crippen LogP contribution in [-0.4, -0.2) is 34.0 Å². The number of halogens is 1. The van der Waals surface area contributed by atoms with Gasteiger partial charge in [0.1, 0.15) is 0 Å². The highest BCUT2D eigenvalue weighted by Gasteiger charge is 2.28. The van der Waals surface area contributed by atoms with Crippen LogP contribution in [0.4, 0.5) is 0 Å². The average molecular weight is 453 g/mol. The van der Waals surface area contributed by atoms with E-state index in [4.69, 9.17) is 16.1 Å². The third kappa shape index (κ3) is 5.56. The number of nitrogens with one attached hydrogen (secondary N) is 1. The molecule has 168 valence electrons. The number of amides is 1. The topological polar surface area (TPSA) is 71.3 Å². The van der Waals surface area contributed by atoms with Crippen LogP contribution in [0.25, 0.3) is 11.4 Å². The lowest BCUT2D eigenvalue weighted by Gasteiger charge is -2.32. The van der Waals surface area contributed by atoms with E-state index in [1.807, 2.05) is 24.3 Å². The fourth-order valence-corrected chi connectivity index (χ4v) is 4.37. The zero-order valence-corrected chi connectivity index (χ0v) is 19.3. The zero-order chi connectivity index (χ0) is 22.5. The Balaban J connectivity index is 1.36. The molecule has 7 heteroatoms. The number of nitrogens with zero attached hydrogens (tertiary/aromatic N) is 3. The molecule has 0 bridgehead atoms. The predicted octanol–water partition coefficient (Wildman–Crippen LogP) is 5.18. The summed E-state index contributed by atoms with van der Waals surface area (Å²) < 4.78 is 5.46. The second-order valence-corrected chi connectivity index (χ2v) is 8.91. The summed E-state index contributed by atoms with van der Waals surface area (Å²) in [5.74, 6) is 1.15. The molecule has 1 saturated heterocycles. The maximum atomic E-state index is 13.0. The third-order valence-electron chi connectivity index (χ3n) is 5.99. The Labute approximate surface area is 194 Å². The van der Waals surface area contributed by atoms with Crippen LogP contribution >= 0.6 is 11.6 Å². The monoisotopic (exact) mass is 452 g/mol. The second kappa shape index (κ2) is 10.3. The van der Waals surface area contributed by atoms with Gasteiger partial charge in [-0.05, 0) is 50.4 Å². The first-order valence-electron chi connectivity index (χ1n) is 11.2. The summed E-state index contributed by atoms with van der Waals surface area (Å²) in [5.41, 5.74) is 3.20. The molecule has 2 atom stereocenters. The van der Waals surface area contributed by atoms with Gasteiger partial charge in [0.15, 0.2) is 0 Å². The molecule has 3 aromatic rings. The van der Waals surface area contributed by atoms with E-state index in [-0.39, 0.29) is 17.9 Å². The Morgan fingerprint density at radius 3 is 2.84 bits per heavy atom. The predicted molar refractivity (Wildman–Crippen MR) is 125 cm³/mol. The van der Waals surface area contributed by atoms with Crippen molar-refractivity contribution in [3.63, 3.8) is 0 Å². The summed E-state index contributed by atoms with van der Waals surface area (Å²) in [5, 5.41) is 7.98. The van der Waals surface area contributed by atoms with Crippen molar-refractivity contribution < 1.29 is 9.32 Å². The summed E-state index contributed by atoms with van der Waals surface area (Å²) in [4.78, 5) is 19.8. The van der Waals surface area contributed by atoms with Crippen molar-refractivity contribution in [1.82, 2.24) is 20.4 Å². The molecule has 1 N–H and O–H groups in total. The molecular formula is C25H29ClN4O2. The van der Waals surface area contributed by atoms with Crippen LogP contribution in [0.15, 0.2) is 53.1 Å². The highest BCUT2D eigenvalue weighted by Crippen LogP contribution is 2.24. The molecule has 1 aromatic heterocycles. The van der Waals surface area contributed by atoms with Crippen LogP contribution in [0.3, 0.4) is 0 Å². The van der Waals surface area contributed by atoms with Gasteiger partial charge in [-0.15, -0.1) is 0 Å². The van der Waals surface area contributed by atoms with Crippen molar-refractivity contribution in [2.24, 2.45) is 5.92 Å². The molecular weight excluding hydrogens is 424 g/mol. The molecule has 1 amide bonds. The first-order valence-corrected chi connectivity index (χ1v) is 11.6. The van der Waals surface area contributed by atoms with Crippen LogP contribution in [-0.2, 0) is 11.3 Å². The zero-order valence-electron chi connectivity index (χ0n) is 18.6. The third-order valence-corrected chi connectivity index (χ3v) is 6.23. The van der Waals surface area contributed by atoms with Crippen molar-refractivity contribution >= 4 is 17.5 Å². The highest BCUT2D eigenvalue weighted by atomic mass is 35.5. The van der Waals surface area contributed by atoms with Gasteiger partial charge >= 0.3 is 0 Å². The maximum Gasteiger partial charge on any atom is 0.241 e. The minimum Gasteiger partial charge on any atom is -0.349 e. The van der Waals surface area contributed by atoms with Gasteiger partial charge in [0.05, 0.1) is 18.5 Å². The van der Waals surface area contributed by atoms with E-state index in [1.54, 1.807) is 0 Å². The summed E-state index contributed by atoms with van der Waals surface area (Å²) >= 11 is 6.06. The standard InChI is InChI=1S/C25H29ClN4O2/c1-3-22(18-11-9-17(2)10-12-18)27-25(31)20-7-5-13-30(15-20)16-23-28-24(29-32-23)19-6-4-8-21(26)14-19/h4,6,8-12,14,20,22H,3,5,7,13,15-16H2,1-2H3,(H,27,31). The van der Waals surface area contributed by atoms with Gasteiger partial charge in [-0.3, -0.25) is 9.69 Å². The second-order valence-electron chi connectivity index (χ2n) is 8.48. The van der Waals surface area contributed by atoms with Gasteiger partial charge < -0.3 is 9.84 Å². The van der Waals surface area contributed by atoms with Crippen molar-refractivity contribution in [3.05, 3.63) is 70.6 Å². The number of rotatable bonds is 7. The van der Waals surface area contributed by atoms with Crippen LogP contribution in [0, 0.1) is 12.8 Å². The normalized spacial score (nSPS) is 17.8.